The van der Waals surface area contributed by atoms with Crippen LogP contribution in [0, 0.1) is 6.92 Å². The van der Waals surface area contributed by atoms with Crippen LogP contribution in [0.4, 0.5) is 5.82 Å². The Balaban J connectivity index is 2.00. The van der Waals surface area contributed by atoms with Crippen LogP contribution in [-0.4, -0.2) is 20.1 Å². The first-order valence-electron chi connectivity index (χ1n) is 5.17. The number of aryl methyl sites for hydroxylation is 1. The molecule has 0 bridgehead atoms. The van der Waals surface area contributed by atoms with Gasteiger partial charge in [-0.15, -0.1) is 0 Å². The van der Waals surface area contributed by atoms with Crippen LogP contribution in [0.5, 0.6) is 0 Å². The highest BCUT2D eigenvalue weighted by atomic mass is 16.5. The predicted molar refractivity (Wildman–Crippen MR) is 56.4 cm³/mol. The molecule has 1 saturated carbocycles. The van der Waals surface area contributed by atoms with Gasteiger partial charge in [0.2, 0.25) is 0 Å². The molecule has 0 aromatic carbocycles. The molecule has 1 aliphatic rings. The fourth-order valence-electron chi connectivity index (χ4n) is 1.50. The lowest BCUT2D eigenvalue weighted by Gasteiger charge is -1.98. The zero-order valence-electron chi connectivity index (χ0n) is 8.84. The summed E-state index contributed by atoms with van der Waals surface area (Å²) in [7, 11) is 0. The quantitative estimate of drug-likeness (QED) is 0.815. The number of hydrogen-bond donors (Lipinski definition) is 1. The maximum Gasteiger partial charge on any atom is 0.263 e. The third-order valence-electron chi connectivity index (χ3n) is 2.55. The molecule has 16 heavy (non-hydrogen) atoms. The van der Waals surface area contributed by atoms with Gasteiger partial charge in [-0.3, -0.25) is 0 Å². The number of aromatic nitrogens is 4. The smallest absolute Gasteiger partial charge is 0.263 e. The zero-order chi connectivity index (χ0) is 11.1. The summed E-state index contributed by atoms with van der Waals surface area (Å²) in [5.41, 5.74) is 6.38. The third-order valence-corrected chi connectivity index (χ3v) is 2.55. The molecule has 3 rings (SSSR count). The fraction of sp³-hybridized carbons (Fsp3) is 0.400. The summed E-state index contributed by atoms with van der Waals surface area (Å²) in [5.74, 6) is 2.63. The molecule has 0 aliphatic heterocycles. The first-order chi connectivity index (χ1) is 7.74. The summed E-state index contributed by atoms with van der Waals surface area (Å²) >= 11 is 0. The molecule has 2 aromatic rings. The maximum atomic E-state index is 5.78. The van der Waals surface area contributed by atoms with Gasteiger partial charge >= 0.3 is 0 Å². The van der Waals surface area contributed by atoms with E-state index in [-0.39, 0.29) is 0 Å². The van der Waals surface area contributed by atoms with Crippen molar-refractivity contribution in [2.24, 2.45) is 0 Å². The van der Waals surface area contributed by atoms with Crippen LogP contribution in [0.15, 0.2) is 10.7 Å². The van der Waals surface area contributed by atoms with E-state index in [0.29, 0.717) is 29.0 Å². The predicted octanol–water partition coefficient (Wildman–Crippen LogP) is 1.29. The first kappa shape index (κ1) is 9.26. The van der Waals surface area contributed by atoms with Crippen molar-refractivity contribution in [3.63, 3.8) is 0 Å². The number of nitrogen functional groups attached to an aromatic ring is 1. The second-order valence-electron chi connectivity index (χ2n) is 3.95. The van der Waals surface area contributed by atoms with E-state index in [0.717, 1.165) is 18.7 Å². The Labute approximate surface area is 91.9 Å². The van der Waals surface area contributed by atoms with E-state index in [9.17, 15) is 0 Å². The Morgan fingerprint density at radius 3 is 2.88 bits per heavy atom. The van der Waals surface area contributed by atoms with Gasteiger partial charge in [0.1, 0.15) is 17.2 Å². The average Bonchev–Trinajstić information content (AvgIpc) is 2.98. The van der Waals surface area contributed by atoms with Crippen LogP contribution >= 0.6 is 0 Å². The molecule has 0 atom stereocenters. The van der Waals surface area contributed by atoms with E-state index >= 15 is 0 Å². The Bertz CT molecular complexity index is 532. The summed E-state index contributed by atoms with van der Waals surface area (Å²) in [6.45, 7) is 1.78. The van der Waals surface area contributed by atoms with Crippen LogP contribution in [0.25, 0.3) is 11.5 Å². The van der Waals surface area contributed by atoms with Gasteiger partial charge in [0.25, 0.3) is 5.89 Å². The van der Waals surface area contributed by atoms with Crippen molar-refractivity contribution in [2.75, 3.05) is 5.73 Å². The van der Waals surface area contributed by atoms with Gasteiger partial charge in [0, 0.05) is 12.1 Å². The highest BCUT2D eigenvalue weighted by Gasteiger charge is 2.29. The number of nitrogens with zero attached hydrogens (tertiary/aromatic N) is 4. The van der Waals surface area contributed by atoms with Crippen molar-refractivity contribution in [3.8, 4) is 11.5 Å². The Morgan fingerprint density at radius 2 is 2.19 bits per heavy atom. The van der Waals surface area contributed by atoms with Gasteiger partial charge in [-0.2, -0.15) is 4.98 Å². The molecule has 1 aliphatic carbocycles. The summed E-state index contributed by atoms with van der Waals surface area (Å²) in [6, 6.07) is 0. The van der Waals surface area contributed by atoms with Crippen LogP contribution < -0.4 is 5.73 Å². The van der Waals surface area contributed by atoms with E-state index in [1.165, 1.54) is 0 Å². The number of hydrogen-bond acceptors (Lipinski definition) is 6. The molecule has 6 heteroatoms. The van der Waals surface area contributed by atoms with Crippen LogP contribution in [0.3, 0.4) is 0 Å². The second-order valence-corrected chi connectivity index (χ2v) is 3.95. The van der Waals surface area contributed by atoms with Crippen molar-refractivity contribution in [3.05, 3.63) is 17.8 Å². The fourth-order valence-corrected chi connectivity index (χ4v) is 1.50. The Morgan fingerprint density at radius 1 is 1.38 bits per heavy atom. The molecular formula is C10H11N5O. The molecule has 2 N–H and O–H groups in total. The van der Waals surface area contributed by atoms with Crippen molar-refractivity contribution >= 4 is 5.82 Å². The molecule has 6 nitrogen and oxygen atoms in total. The van der Waals surface area contributed by atoms with E-state index in [4.69, 9.17) is 10.3 Å². The number of anilines is 1. The normalized spacial score (nSPS) is 15.3. The maximum absolute atomic E-state index is 5.78. The van der Waals surface area contributed by atoms with Gasteiger partial charge in [0.05, 0.1) is 0 Å². The summed E-state index contributed by atoms with van der Waals surface area (Å²) in [4.78, 5) is 12.4. The van der Waals surface area contributed by atoms with E-state index in [1.807, 2.05) is 0 Å². The van der Waals surface area contributed by atoms with Gasteiger partial charge in [-0.05, 0) is 19.8 Å². The van der Waals surface area contributed by atoms with Gasteiger partial charge in [-0.25, -0.2) is 9.97 Å². The average molecular weight is 217 g/mol. The van der Waals surface area contributed by atoms with Gasteiger partial charge in [0.15, 0.2) is 5.82 Å². The minimum absolute atomic E-state index is 0.374. The zero-order valence-corrected chi connectivity index (χ0v) is 8.84. The van der Waals surface area contributed by atoms with Crippen molar-refractivity contribution in [2.45, 2.75) is 25.7 Å². The van der Waals surface area contributed by atoms with Gasteiger partial charge < -0.3 is 10.3 Å². The lowest BCUT2D eigenvalue weighted by molar-refractivity contribution is 0.422. The van der Waals surface area contributed by atoms with Crippen LogP contribution in [-0.2, 0) is 0 Å². The minimum Gasteiger partial charge on any atom is -0.383 e. The van der Waals surface area contributed by atoms with Gasteiger partial charge in [-0.1, -0.05) is 5.16 Å². The van der Waals surface area contributed by atoms with Crippen molar-refractivity contribution in [1.29, 1.82) is 0 Å². The lowest BCUT2D eigenvalue weighted by Crippen LogP contribution is -1.98. The Hall–Kier alpha value is -1.98. The summed E-state index contributed by atoms with van der Waals surface area (Å²) in [6.07, 6.45) is 3.89. The van der Waals surface area contributed by atoms with Crippen LogP contribution in [0.2, 0.25) is 0 Å². The summed E-state index contributed by atoms with van der Waals surface area (Å²) in [5, 5.41) is 3.92. The highest BCUT2D eigenvalue weighted by Crippen LogP contribution is 2.39. The molecule has 0 saturated heterocycles. The monoisotopic (exact) mass is 217 g/mol. The largest absolute Gasteiger partial charge is 0.383 e. The third kappa shape index (κ3) is 1.52. The van der Waals surface area contributed by atoms with Crippen molar-refractivity contribution < 1.29 is 4.52 Å². The summed E-state index contributed by atoms with van der Waals surface area (Å²) < 4.78 is 5.15. The molecule has 0 amide bonds. The van der Waals surface area contributed by atoms with E-state index < -0.39 is 0 Å². The number of rotatable bonds is 2. The second kappa shape index (κ2) is 3.26. The minimum atomic E-state index is 0.374. The molecular weight excluding hydrogens is 206 g/mol. The van der Waals surface area contributed by atoms with Crippen LogP contribution in [0.1, 0.15) is 30.4 Å². The molecule has 2 aromatic heterocycles. The topological polar surface area (TPSA) is 90.7 Å². The molecule has 0 spiro atoms. The first-order valence-corrected chi connectivity index (χ1v) is 5.17. The Kier molecular flexibility index (Phi) is 1.89. The molecule has 0 unspecified atom stereocenters. The molecule has 0 radical (unpaired) electrons. The van der Waals surface area contributed by atoms with Crippen molar-refractivity contribution in [1.82, 2.24) is 20.1 Å². The molecule has 82 valence electrons. The highest BCUT2D eigenvalue weighted by molar-refractivity contribution is 5.65. The number of nitrogens with two attached hydrogens (primary N) is 1. The lowest BCUT2D eigenvalue weighted by atomic mass is 10.3. The van der Waals surface area contributed by atoms with E-state index in [2.05, 4.69) is 20.1 Å². The molecule has 2 heterocycles. The standard InChI is InChI=1S/C10H11N5O/c1-5-12-4-7(8(11)13-5)10-14-9(15-16-10)6-2-3-6/h4,6H,2-3H2,1H3,(H2,11,12,13). The molecule has 1 fully saturated rings. The SMILES string of the molecule is Cc1ncc(-c2nc(C3CC3)no2)c(N)n1. The van der Waals surface area contributed by atoms with E-state index in [1.54, 1.807) is 13.1 Å².